The second-order valence-corrected chi connectivity index (χ2v) is 14.9. The first kappa shape index (κ1) is 42.5. The number of hydrogen-bond donors (Lipinski definition) is 1. The van der Waals surface area contributed by atoms with Crippen molar-refractivity contribution in [3.05, 3.63) is 35.9 Å². The van der Waals surface area contributed by atoms with Crippen molar-refractivity contribution >= 4 is 13.9 Å². The van der Waals surface area contributed by atoms with Crippen molar-refractivity contribution < 1.29 is 37.3 Å². The molecule has 0 fully saturated rings. The standard InChI is InChI=1S/C36H67N2O7P/c1-5-6-7-8-9-10-11-12-13-14-15-16-17-18-19-20-21-25-29-42-33-35(45-46(40,41)44-30-28-38(2,3)4)31-37-36(39)43-32-34-26-23-22-24-27-34/h22-24,26-27,35H,5-21,25,28-33H2,1-4H3,(H-,37,39,40,41). The van der Waals surface area contributed by atoms with Gasteiger partial charge in [0.25, 0.3) is 7.82 Å². The Hall–Kier alpha value is -1.48. The van der Waals surface area contributed by atoms with E-state index in [1.807, 2.05) is 51.5 Å². The second-order valence-electron chi connectivity index (χ2n) is 13.5. The highest BCUT2D eigenvalue weighted by molar-refractivity contribution is 7.45. The Kier molecular flexibility index (Phi) is 25.4. The van der Waals surface area contributed by atoms with Gasteiger partial charge in [0.15, 0.2) is 0 Å². The molecule has 0 aliphatic heterocycles. The number of ether oxygens (including phenoxy) is 2. The highest BCUT2D eigenvalue weighted by atomic mass is 31.2. The number of benzene rings is 1. The van der Waals surface area contributed by atoms with E-state index in [1.165, 1.54) is 103 Å². The third-order valence-corrected chi connectivity index (χ3v) is 8.98. The van der Waals surface area contributed by atoms with Crippen LogP contribution in [0.3, 0.4) is 0 Å². The van der Waals surface area contributed by atoms with Gasteiger partial charge in [-0.25, -0.2) is 4.79 Å². The molecule has 1 rings (SSSR count). The van der Waals surface area contributed by atoms with Gasteiger partial charge in [-0.3, -0.25) is 4.57 Å². The molecule has 0 radical (unpaired) electrons. The highest BCUT2D eigenvalue weighted by Gasteiger charge is 2.21. The van der Waals surface area contributed by atoms with Crippen LogP contribution in [-0.4, -0.2) is 70.7 Å². The summed E-state index contributed by atoms with van der Waals surface area (Å²) >= 11 is 0. The number of nitrogens with zero attached hydrogens (tertiary/aromatic N) is 1. The van der Waals surface area contributed by atoms with E-state index in [0.717, 1.165) is 18.4 Å². The number of unbranched alkanes of at least 4 members (excludes halogenated alkanes) is 17. The van der Waals surface area contributed by atoms with Crippen molar-refractivity contribution in [1.82, 2.24) is 5.32 Å². The van der Waals surface area contributed by atoms with Crippen molar-refractivity contribution in [1.29, 1.82) is 0 Å². The predicted octanol–water partition coefficient (Wildman–Crippen LogP) is 8.55. The van der Waals surface area contributed by atoms with E-state index >= 15 is 0 Å². The Balaban J connectivity index is 2.18. The van der Waals surface area contributed by atoms with Crippen LogP contribution in [0.4, 0.5) is 4.79 Å². The fourth-order valence-electron chi connectivity index (χ4n) is 5.06. The van der Waals surface area contributed by atoms with E-state index in [-0.39, 0.29) is 26.4 Å². The molecule has 0 aliphatic carbocycles. The van der Waals surface area contributed by atoms with Gasteiger partial charge in [-0.15, -0.1) is 0 Å². The molecule has 0 heterocycles. The van der Waals surface area contributed by atoms with Gasteiger partial charge in [-0.05, 0) is 12.0 Å². The topological polar surface area (TPSA) is 106 Å². The molecule has 9 nitrogen and oxygen atoms in total. The molecular formula is C36H67N2O7P. The Bertz CT molecular complexity index is 898. The molecule has 1 N–H and O–H groups in total. The monoisotopic (exact) mass is 670 g/mol. The number of alkyl carbamates (subject to hydrolysis) is 1. The van der Waals surface area contributed by atoms with Gasteiger partial charge >= 0.3 is 6.09 Å². The second kappa shape index (κ2) is 27.5. The minimum absolute atomic E-state index is 0.00368. The maximum Gasteiger partial charge on any atom is 0.407 e. The van der Waals surface area contributed by atoms with Crippen molar-refractivity contribution in [2.24, 2.45) is 0 Å². The molecule has 0 saturated carbocycles. The molecule has 0 spiro atoms. The summed E-state index contributed by atoms with van der Waals surface area (Å²) in [7, 11) is 1.25. The van der Waals surface area contributed by atoms with Gasteiger partial charge in [0.2, 0.25) is 0 Å². The van der Waals surface area contributed by atoms with Gasteiger partial charge in [-0.1, -0.05) is 146 Å². The molecule has 1 aromatic rings. The maximum atomic E-state index is 12.5. The normalized spacial score (nSPS) is 13.8. The van der Waals surface area contributed by atoms with Gasteiger partial charge in [0.05, 0.1) is 27.7 Å². The molecule has 10 heteroatoms. The number of phosphoric acid groups is 1. The summed E-state index contributed by atoms with van der Waals surface area (Å²) in [6.45, 7) is 3.32. The summed E-state index contributed by atoms with van der Waals surface area (Å²) in [5, 5.41) is 2.58. The zero-order valence-corrected chi connectivity index (χ0v) is 30.6. The average Bonchev–Trinajstić information content (AvgIpc) is 3.01. The molecule has 0 aliphatic rings. The van der Waals surface area contributed by atoms with Crippen molar-refractivity contribution in [2.45, 2.75) is 135 Å². The lowest BCUT2D eigenvalue weighted by Gasteiger charge is -2.30. The van der Waals surface area contributed by atoms with E-state index in [1.54, 1.807) is 0 Å². The molecular weight excluding hydrogens is 603 g/mol. The van der Waals surface area contributed by atoms with Crippen molar-refractivity contribution in [2.75, 3.05) is 54.1 Å². The SMILES string of the molecule is CCCCCCCCCCCCCCCCCCCCOCC(CNC(=O)OCc1ccccc1)OP(=O)([O-])OCC[N+](C)(C)C. The smallest absolute Gasteiger partial charge is 0.407 e. The lowest BCUT2D eigenvalue weighted by molar-refractivity contribution is -0.870. The summed E-state index contributed by atoms with van der Waals surface area (Å²) < 4.78 is 34.4. The minimum Gasteiger partial charge on any atom is -0.756 e. The van der Waals surface area contributed by atoms with Crippen LogP contribution >= 0.6 is 7.82 Å². The number of hydrogen-bond acceptors (Lipinski definition) is 7. The minimum atomic E-state index is -4.59. The van der Waals surface area contributed by atoms with Crippen molar-refractivity contribution in [3.63, 3.8) is 0 Å². The molecule has 46 heavy (non-hydrogen) atoms. The van der Waals surface area contributed by atoms with Crippen LogP contribution in [0.5, 0.6) is 0 Å². The fourth-order valence-corrected chi connectivity index (χ4v) is 5.92. The largest absolute Gasteiger partial charge is 0.756 e. The Morgan fingerprint density at radius 1 is 0.783 bits per heavy atom. The lowest BCUT2D eigenvalue weighted by Crippen LogP contribution is -2.39. The van der Waals surface area contributed by atoms with Crippen LogP contribution < -0.4 is 10.2 Å². The Morgan fingerprint density at radius 2 is 1.28 bits per heavy atom. The number of nitrogens with one attached hydrogen (secondary N) is 1. The van der Waals surface area contributed by atoms with E-state index in [9.17, 15) is 14.3 Å². The number of carbonyl (C=O) groups is 1. The van der Waals surface area contributed by atoms with Crippen LogP contribution in [0.15, 0.2) is 30.3 Å². The Morgan fingerprint density at radius 3 is 1.78 bits per heavy atom. The van der Waals surface area contributed by atoms with Gasteiger partial charge in [0.1, 0.15) is 25.9 Å². The van der Waals surface area contributed by atoms with Gasteiger partial charge in [-0.2, -0.15) is 0 Å². The number of likely N-dealkylation sites (N-methyl/N-ethyl adjacent to an activating group) is 1. The molecule has 1 aromatic carbocycles. The molecule has 2 atom stereocenters. The quantitative estimate of drug-likeness (QED) is 0.0479. The Labute approximate surface area is 281 Å². The molecule has 0 saturated heterocycles. The number of quaternary nitrogens is 1. The van der Waals surface area contributed by atoms with Gasteiger partial charge in [0, 0.05) is 13.2 Å². The maximum absolute atomic E-state index is 12.5. The van der Waals surface area contributed by atoms with E-state index in [2.05, 4.69) is 12.2 Å². The molecule has 1 amide bonds. The van der Waals surface area contributed by atoms with Crippen LogP contribution in [0.2, 0.25) is 0 Å². The lowest BCUT2D eigenvalue weighted by atomic mass is 10.0. The summed E-state index contributed by atoms with van der Waals surface area (Å²) in [6.07, 6.45) is 22.1. The first-order valence-corrected chi connectivity index (χ1v) is 19.5. The third kappa shape index (κ3) is 27.6. The number of carbonyl (C=O) groups excluding carboxylic acids is 1. The summed E-state index contributed by atoms with van der Waals surface area (Å²) in [4.78, 5) is 24.7. The number of rotatable bonds is 31. The number of amides is 1. The van der Waals surface area contributed by atoms with E-state index in [0.29, 0.717) is 17.6 Å². The first-order chi connectivity index (χ1) is 22.1. The zero-order chi connectivity index (χ0) is 33.8. The van der Waals surface area contributed by atoms with Crippen LogP contribution in [0.25, 0.3) is 0 Å². The highest BCUT2D eigenvalue weighted by Crippen LogP contribution is 2.39. The van der Waals surface area contributed by atoms with Gasteiger partial charge < -0.3 is 33.2 Å². The molecule has 0 bridgehead atoms. The molecule has 0 aromatic heterocycles. The van der Waals surface area contributed by atoms with Crippen LogP contribution in [0, 0.1) is 0 Å². The fraction of sp³-hybridized carbons (Fsp3) is 0.806. The average molecular weight is 671 g/mol. The number of phosphoric ester groups is 1. The molecule has 268 valence electrons. The summed E-state index contributed by atoms with van der Waals surface area (Å²) in [5.74, 6) is 0. The first-order valence-electron chi connectivity index (χ1n) is 18.1. The zero-order valence-electron chi connectivity index (χ0n) is 29.7. The summed E-state index contributed by atoms with van der Waals surface area (Å²) in [5.41, 5.74) is 0.854. The predicted molar refractivity (Wildman–Crippen MR) is 186 cm³/mol. The van der Waals surface area contributed by atoms with Crippen LogP contribution in [-0.2, 0) is 29.7 Å². The van der Waals surface area contributed by atoms with E-state index in [4.69, 9.17) is 18.5 Å². The van der Waals surface area contributed by atoms with Crippen LogP contribution in [0.1, 0.15) is 128 Å². The molecule has 2 unspecified atom stereocenters. The van der Waals surface area contributed by atoms with Crippen molar-refractivity contribution in [3.8, 4) is 0 Å². The summed E-state index contributed by atoms with van der Waals surface area (Å²) in [6, 6.07) is 9.32. The third-order valence-electron chi connectivity index (χ3n) is 7.92. The van der Waals surface area contributed by atoms with E-state index < -0.39 is 20.0 Å².